The Morgan fingerprint density at radius 1 is 0.892 bits per heavy atom. The Morgan fingerprint density at radius 3 is 2.24 bits per heavy atom. The summed E-state index contributed by atoms with van der Waals surface area (Å²) in [6.45, 7) is 18.6. The van der Waals surface area contributed by atoms with E-state index < -0.39 is 12.2 Å². The van der Waals surface area contributed by atoms with Gasteiger partial charge in [-0.2, -0.15) is 0 Å². The quantitative estimate of drug-likeness (QED) is 0.368. The van der Waals surface area contributed by atoms with Crippen molar-refractivity contribution in [3.63, 3.8) is 0 Å². The van der Waals surface area contributed by atoms with Gasteiger partial charge < -0.3 is 15.3 Å². The van der Waals surface area contributed by atoms with Crippen LogP contribution in [0.1, 0.15) is 120 Å². The molecule has 0 spiro atoms. The van der Waals surface area contributed by atoms with Gasteiger partial charge in [-0.25, -0.2) is 0 Å². The van der Waals surface area contributed by atoms with Gasteiger partial charge in [-0.1, -0.05) is 80.6 Å². The van der Waals surface area contributed by atoms with Crippen molar-refractivity contribution in [3.05, 3.63) is 0 Å². The Balaban J connectivity index is 1.50. The van der Waals surface area contributed by atoms with E-state index in [4.69, 9.17) is 0 Å². The summed E-state index contributed by atoms with van der Waals surface area (Å²) in [7, 11) is 0. The van der Waals surface area contributed by atoms with Gasteiger partial charge in [0.05, 0.1) is 18.3 Å². The normalized spacial score (nSPS) is 59.1. The lowest BCUT2D eigenvalue weighted by atomic mass is 9.34. The highest BCUT2D eigenvalue weighted by Gasteiger charge is 2.70. The average molecular weight is 517 g/mol. The van der Waals surface area contributed by atoms with Crippen molar-refractivity contribution < 1.29 is 15.3 Å². The minimum atomic E-state index is -0.532. The molecule has 5 rings (SSSR count). The van der Waals surface area contributed by atoms with Crippen molar-refractivity contribution in [2.75, 3.05) is 0 Å². The summed E-state index contributed by atoms with van der Waals surface area (Å²) >= 11 is 0. The first-order valence-corrected chi connectivity index (χ1v) is 16.3. The summed E-state index contributed by atoms with van der Waals surface area (Å²) in [5.41, 5.74) is -0.171. The number of rotatable bonds is 3. The molecular formula is C34H60O3. The Labute approximate surface area is 228 Å². The van der Waals surface area contributed by atoms with Crippen LogP contribution in [0.2, 0.25) is 0 Å². The zero-order chi connectivity index (χ0) is 27.1. The van der Waals surface area contributed by atoms with E-state index in [0.717, 1.165) is 30.6 Å². The third-order valence-electron chi connectivity index (χ3n) is 14.5. The highest BCUT2D eigenvalue weighted by molar-refractivity contribution is 5.18. The van der Waals surface area contributed by atoms with Gasteiger partial charge in [-0.05, 0) is 103 Å². The maximum absolute atomic E-state index is 12.4. The summed E-state index contributed by atoms with van der Waals surface area (Å²) in [6.07, 6.45) is 11.7. The minimum absolute atomic E-state index is 0.0162. The van der Waals surface area contributed by atoms with Crippen LogP contribution < -0.4 is 0 Å². The van der Waals surface area contributed by atoms with E-state index in [1.54, 1.807) is 0 Å². The van der Waals surface area contributed by atoms with Crippen LogP contribution in [0.3, 0.4) is 0 Å². The maximum Gasteiger partial charge on any atom is 0.0656 e. The van der Waals surface area contributed by atoms with E-state index >= 15 is 0 Å². The molecule has 16 atom stereocenters. The van der Waals surface area contributed by atoms with Crippen molar-refractivity contribution in [1.82, 2.24) is 0 Å². The third kappa shape index (κ3) is 4.13. The molecule has 3 nitrogen and oxygen atoms in total. The predicted molar refractivity (Wildman–Crippen MR) is 152 cm³/mol. The van der Waals surface area contributed by atoms with Crippen LogP contribution >= 0.6 is 0 Å². The van der Waals surface area contributed by atoms with Crippen LogP contribution in [0.4, 0.5) is 0 Å². The fraction of sp³-hybridized carbons (Fsp3) is 1.00. The second-order valence-electron chi connectivity index (χ2n) is 16.3. The lowest BCUT2D eigenvalue weighted by molar-refractivity contribution is -0.280. The van der Waals surface area contributed by atoms with Crippen LogP contribution in [0.25, 0.3) is 0 Å². The van der Waals surface area contributed by atoms with Crippen LogP contribution in [0.5, 0.6) is 0 Å². The molecule has 5 aliphatic rings. The summed E-state index contributed by atoms with van der Waals surface area (Å²) in [5.74, 6) is 4.86. The molecule has 0 amide bonds. The zero-order valence-electron chi connectivity index (χ0n) is 25.4. The average Bonchev–Trinajstić information content (AvgIpc) is 2.81. The highest BCUT2D eigenvalue weighted by Crippen LogP contribution is 2.73. The SMILES string of the molecule is CCC1CCCC(C2CCC(C)C3C(O)C4C(C)C5(C)C(O)C(C(C)O)C(C)CC5(C)CC4(C)CC23)C1. The molecular weight excluding hydrogens is 456 g/mol. The second-order valence-corrected chi connectivity index (χ2v) is 16.3. The largest absolute Gasteiger partial charge is 0.393 e. The molecule has 0 saturated heterocycles. The van der Waals surface area contributed by atoms with Gasteiger partial charge in [0, 0.05) is 11.3 Å². The number of hydrogen-bond acceptors (Lipinski definition) is 3. The molecule has 3 N–H and O–H groups in total. The van der Waals surface area contributed by atoms with Crippen LogP contribution in [-0.2, 0) is 0 Å². The fourth-order valence-electron chi connectivity index (χ4n) is 12.8. The standard InChI is InChI=1S/C34H60O3/c1-9-23-11-10-12-24(15-23)25-14-13-19(2)28-26(25)17-32(6)18-33(7)16-20(3)27(22(5)35)31(37)34(33,8)21(4)29(32)30(28)36/h19-31,35-37H,9-18H2,1-8H3. The summed E-state index contributed by atoms with van der Waals surface area (Å²) in [4.78, 5) is 0. The molecule has 5 fully saturated rings. The zero-order valence-corrected chi connectivity index (χ0v) is 25.4. The monoisotopic (exact) mass is 516 g/mol. The molecule has 16 unspecified atom stereocenters. The second kappa shape index (κ2) is 9.76. The third-order valence-corrected chi connectivity index (χ3v) is 14.5. The molecule has 37 heavy (non-hydrogen) atoms. The summed E-state index contributed by atoms with van der Waals surface area (Å²) in [5, 5.41) is 35.1. The number of aliphatic hydroxyl groups excluding tert-OH is 3. The first-order valence-electron chi connectivity index (χ1n) is 16.3. The molecule has 0 radical (unpaired) electrons. The van der Waals surface area contributed by atoms with E-state index in [0.29, 0.717) is 23.7 Å². The van der Waals surface area contributed by atoms with Crippen LogP contribution in [0.15, 0.2) is 0 Å². The molecule has 0 aliphatic heterocycles. The van der Waals surface area contributed by atoms with Crippen LogP contribution in [0, 0.1) is 75.4 Å². The first kappa shape index (κ1) is 28.4. The van der Waals surface area contributed by atoms with Crippen molar-refractivity contribution in [2.24, 2.45) is 75.4 Å². The molecule has 3 heteroatoms. The Bertz CT molecular complexity index is 826. The van der Waals surface area contributed by atoms with Gasteiger partial charge in [0.15, 0.2) is 0 Å². The molecule has 0 aromatic carbocycles. The highest BCUT2D eigenvalue weighted by atomic mass is 16.3. The van der Waals surface area contributed by atoms with Crippen molar-refractivity contribution in [2.45, 2.75) is 138 Å². The van der Waals surface area contributed by atoms with E-state index in [9.17, 15) is 15.3 Å². The molecule has 214 valence electrons. The van der Waals surface area contributed by atoms with Gasteiger partial charge in [0.25, 0.3) is 0 Å². The van der Waals surface area contributed by atoms with Gasteiger partial charge in [0.2, 0.25) is 0 Å². The van der Waals surface area contributed by atoms with E-state index in [1.807, 2.05) is 6.92 Å². The maximum atomic E-state index is 12.4. The van der Waals surface area contributed by atoms with Gasteiger partial charge in [-0.15, -0.1) is 0 Å². The minimum Gasteiger partial charge on any atom is -0.393 e. The topological polar surface area (TPSA) is 60.7 Å². The van der Waals surface area contributed by atoms with Crippen molar-refractivity contribution in [1.29, 1.82) is 0 Å². The number of hydrogen-bond donors (Lipinski definition) is 3. The van der Waals surface area contributed by atoms with Crippen molar-refractivity contribution >= 4 is 0 Å². The predicted octanol–water partition coefficient (Wildman–Crippen LogP) is 7.32. The van der Waals surface area contributed by atoms with Crippen molar-refractivity contribution in [3.8, 4) is 0 Å². The number of aliphatic hydroxyl groups is 3. The fourth-order valence-corrected chi connectivity index (χ4v) is 12.8. The van der Waals surface area contributed by atoms with Gasteiger partial charge >= 0.3 is 0 Å². The van der Waals surface area contributed by atoms with E-state index in [-0.39, 0.29) is 40.1 Å². The number of fused-ring (bicyclic) bond motifs is 3. The summed E-state index contributed by atoms with van der Waals surface area (Å²) in [6, 6.07) is 0. The molecule has 0 heterocycles. The van der Waals surface area contributed by atoms with Gasteiger partial charge in [-0.3, -0.25) is 0 Å². The first-order chi connectivity index (χ1) is 17.3. The molecule has 5 saturated carbocycles. The summed E-state index contributed by atoms with van der Waals surface area (Å²) < 4.78 is 0. The molecule has 0 bridgehead atoms. The Hall–Kier alpha value is -0.120. The van der Waals surface area contributed by atoms with Gasteiger partial charge in [0.1, 0.15) is 0 Å². The van der Waals surface area contributed by atoms with E-state index in [2.05, 4.69) is 48.5 Å². The smallest absolute Gasteiger partial charge is 0.0656 e. The molecule has 0 aromatic rings. The lowest BCUT2D eigenvalue weighted by Gasteiger charge is -2.72. The molecule has 0 aromatic heterocycles. The Morgan fingerprint density at radius 2 is 1.59 bits per heavy atom. The van der Waals surface area contributed by atoms with Crippen LogP contribution in [-0.4, -0.2) is 33.6 Å². The molecule has 5 aliphatic carbocycles. The lowest BCUT2D eigenvalue weighted by Crippen LogP contribution is -2.70. The Kier molecular flexibility index (Phi) is 7.49. The van der Waals surface area contributed by atoms with E-state index in [1.165, 1.54) is 51.4 Å².